The van der Waals surface area contributed by atoms with Gasteiger partial charge in [-0.05, 0) is 50.2 Å². The third-order valence-electron chi connectivity index (χ3n) is 5.22. The van der Waals surface area contributed by atoms with Gasteiger partial charge in [0.15, 0.2) is 0 Å². The van der Waals surface area contributed by atoms with E-state index in [9.17, 15) is 4.79 Å². The van der Waals surface area contributed by atoms with E-state index in [1.807, 2.05) is 18.2 Å². The molecule has 2 aromatic rings. The van der Waals surface area contributed by atoms with Crippen LogP contribution in [-0.4, -0.2) is 42.7 Å². The highest BCUT2D eigenvalue weighted by molar-refractivity contribution is 7.99. The van der Waals surface area contributed by atoms with Gasteiger partial charge in [-0.3, -0.25) is 9.79 Å². The van der Waals surface area contributed by atoms with Gasteiger partial charge < -0.3 is 10.2 Å². The van der Waals surface area contributed by atoms with Crippen LogP contribution < -0.4 is 5.32 Å². The Labute approximate surface area is 178 Å². The number of carbonyl (C=O) groups is 1. The zero-order valence-electron chi connectivity index (χ0n) is 17.7. The molecule has 154 valence electrons. The van der Waals surface area contributed by atoms with Gasteiger partial charge in [-0.25, -0.2) is 0 Å². The summed E-state index contributed by atoms with van der Waals surface area (Å²) in [6, 6.07) is 14.2. The molecule has 1 N–H and O–H groups in total. The van der Waals surface area contributed by atoms with E-state index in [4.69, 9.17) is 4.99 Å². The summed E-state index contributed by atoms with van der Waals surface area (Å²) in [5, 5.41) is 3.07. The van der Waals surface area contributed by atoms with Crippen molar-refractivity contribution in [3.05, 3.63) is 53.6 Å². The number of hydrogen-bond acceptors (Lipinski definition) is 4. The molecule has 4 nitrogen and oxygen atoms in total. The van der Waals surface area contributed by atoms with E-state index >= 15 is 0 Å². The minimum Gasteiger partial charge on any atom is -0.351 e. The van der Waals surface area contributed by atoms with E-state index < -0.39 is 0 Å². The third kappa shape index (κ3) is 5.49. The number of carbonyl (C=O) groups excluding carboxylic acids is 1. The lowest BCUT2D eigenvalue weighted by atomic mass is 10.1. The van der Waals surface area contributed by atoms with Crippen molar-refractivity contribution in [2.75, 3.05) is 26.2 Å². The molecule has 29 heavy (non-hydrogen) atoms. The first-order chi connectivity index (χ1) is 14.2. The fourth-order valence-corrected chi connectivity index (χ4v) is 4.48. The first-order valence-corrected chi connectivity index (χ1v) is 11.5. The number of hydrogen-bond donors (Lipinski definition) is 1. The van der Waals surface area contributed by atoms with Gasteiger partial charge in [0.05, 0.1) is 5.69 Å². The van der Waals surface area contributed by atoms with Crippen LogP contribution in [0.25, 0.3) is 0 Å². The van der Waals surface area contributed by atoms with Crippen LogP contribution in [0.15, 0.2) is 57.2 Å². The van der Waals surface area contributed by atoms with Crippen molar-refractivity contribution in [3.8, 4) is 0 Å². The fraction of sp³-hybridized carbons (Fsp3) is 0.417. The zero-order valence-corrected chi connectivity index (χ0v) is 18.5. The summed E-state index contributed by atoms with van der Waals surface area (Å²) < 4.78 is 0. The number of amides is 1. The number of nitrogens with zero attached hydrogens (tertiary/aromatic N) is 2. The minimum atomic E-state index is -0.0284. The Kier molecular flexibility index (Phi) is 7.90. The normalized spacial score (nSPS) is 12.8. The highest BCUT2D eigenvalue weighted by atomic mass is 32.2. The van der Waals surface area contributed by atoms with Crippen LogP contribution in [0.4, 0.5) is 5.69 Å². The summed E-state index contributed by atoms with van der Waals surface area (Å²) in [4.78, 5) is 22.3. The Bertz CT molecular complexity index is 878. The number of aliphatic imine (C=N–C) groups is 1. The van der Waals surface area contributed by atoms with E-state index in [-0.39, 0.29) is 5.91 Å². The second kappa shape index (κ2) is 10.6. The predicted octanol–water partition coefficient (Wildman–Crippen LogP) is 5.53. The topological polar surface area (TPSA) is 44.7 Å². The molecule has 0 bridgehead atoms. The Morgan fingerprint density at radius 1 is 1.07 bits per heavy atom. The molecule has 0 radical (unpaired) electrons. The summed E-state index contributed by atoms with van der Waals surface area (Å²) in [5.41, 5.74) is 3.81. The molecular weight excluding hydrogens is 378 g/mol. The maximum Gasteiger partial charge on any atom is 0.251 e. The molecule has 1 amide bonds. The molecular formula is C24H31N3OS. The van der Waals surface area contributed by atoms with Crippen LogP contribution >= 0.6 is 11.8 Å². The predicted molar refractivity (Wildman–Crippen MR) is 123 cm³/mol. The first kappa shape index (κ1) is 21.6. The summed E-state index contributed by atoms with van der Waals surface area (Å²) in [6.07, 6.45) is 3.25. The smallest absolute Gasteiger partial charge is 0.251 e. The Hall–Kier alpha value is -2.11. The summed E-state index contributed by atoms with van der Waals surface area (Å²) in [7, 11) is 0. The lowest BCUT2D eigenvalue weighted by molar-refractivity contribution is 0.0948. The van der Waals surface area contributed by atoms with Gasteiger partial charge >= 0.3 is 0 Å². The zero-order chi connectivity index (χ0) is 20.6. The lowest BCUT2D eigenvalue weighted by Gasteiger charge is -2.20. The van der Waals surface area contributed by atoms with Crippen LogP contribution in [0.3, 0.4) is 0 Å². The lowest BCUT2D eigenvalue weighted by Crippen LogP contribution is -2.35. The highest BCUT2D eigenvalue weighted by Gasteiger charge is 2.17. The van der Waals surface area contributed by atoms with E-state index in [0.717, 1.165) is 42.3 Å². The van der Waals surface area contributed by atoms with Crippen molar-refractivity contribution in [1.82, 2.24) is 10.2 Å². The van der Waals surface area contributed by atoms with Crippen LogP contribution in [-0.2, 0) is 0 Å². The second-order valence-corrected chi connectivity index (χ2v) is 8.32. The van der Waals surface area contributed by atoms with Gasteiger partial charge in [-0.15, -0.1) is 0 Å². The molecule has 0 aromatic heterocycles. The van der Waals surface area contributed by atoms with E-state index in [1.54, 1.807) is 11.8 Å². The van der Waals surface area contributed by atoms with E-state index in [1.165, 1.54) is 23.3 Å². The fourth-order valence-electron chi connectivity index (χ4n) is 3.46. The van der Waals surface area contributed by atoms with Gasteiger partial charge in [-0.2, -0.15) is 0 Å². The number of unbranched alkanes of at least 4 members (excludes halogenated alkanes) is 1. The molecule has 0 fully saturated rings. The average Bonchev–Trinajstić information content (AvgIpc) is 2.91. The molecule has 1 aliphatic rings. The van der Waals surface area contributed by atoms with Crippen molar-refractivity contribution in [3.63, 3.8) is 0 Å². The Morgan fingerprint density at radius 2 is 1.90 bits per heavy atom. The molecule has 0 saturated heterocycles. The number of rotatable bonds is 9. The van der Waals surface area contributed by atoms with Crippen LogP contribution in [0, 0.1) is 0 Å². The molecule has 0 aliphatic carbocycles. The molecule has 1 heterocycles. The van der Waals surface area contributed by atoms with Gasteiger partial charge in [0.1, 0.15) is 0 Å². The summed E-state index contributed by atoms with van der Waals surface area (Å²) in [6.45, 7) is 10.2. The standard InChI is InChI=1S/C24H31N3OS/c1-4-7-15-27(6-3)16-14-25-24(28)18-12-13-23-21(17-18)26-20(5-2)19-10-8-9-11-22(19)29-23/h8-13,17H,4-7,14-16H2,1-3H3,(H,25,28). The maximum atomic E-state index is 12.7. The number of fused-ring (bicyclic) bond motifs is 2. The largest absolute Gasteiger partial charge is 0.351 e. The van der Waals surface area contributed by atoms with Gasteiger partial charge in [-0.1, -0.05) is 57.2 Å². The van der Waals surface area contributed by atoms with Crippen molar-refractivity contribution in [2.24, 2.45) is 4.99 Å². The van der Waals surface area contributed by atoms with Gasteiger partial charge in [0.25, 0.3) is 5.91 Å². The summed E-state index contributed by atoms with van der Waals surface area (Å²) in [5.74, 6) is -0.0284. The highest BCUT2D eigenvalue weighted by Crippen LogP contribution is 2.41. The van der Waals surface area contributed by atoms with E-state index in [2.05, 4.69) is 55.3 Å². The quantitative estimate of drug-likeness (QED) is 0.592. The van der Waals surface area contributed by atoms with Crippen LogP contribution in [0.2, 0.25) is 0 Å². The van der Waals surface area contributed by atoms with Gasteiger partial charge in [0, 0.05) is 39.7 Å². The monoisotopic (exact) mass is 409 g/mol. The SMILES string of the molecule is CCCCN(CC)CCNC(=O)c1ccc2c(c1)N=C(CC)c1ccccc1S2. The van der Waals surface area contributed by atoms with Crippen molar-refractivity contribution in [2.45, 2.75) is 49.8 Å². The van der Waals surface area contributed by atoms with Crippen LogP contribution in [0.5, 0.6) is 0 Å². The minimum absolute atomic E-state index is 0.0284. The third-order valence-corrected chi connectivity index (χ3v) is 6.36. The molecule has 1 aliphatic heterocycles. The number of likely N-dealkylation sites (N-methyl/N-ethyl adjacent to an activating group) is 1. The van der Waals surface area contributed by atoms with E-state index in [0.29, 0.717) is 12.1 Å². The molecule has 0 saturated carbocycles. The summed E-state index contributed by atoms with van der Waals surface area (Å²) >= 11 is 1.72. The molecule has 3 rings (SSSR count). The van der Waals surface area contributed by atoms with Crippen molar-refractivity contribution in [1.29, 1.82) is 0 Å². The number of benzene rings is 2. The Balaban J connectivity index is 1.71. The second-order valence-electron chi connectivity index (χ2n) is 7.24. The molecule has 0 unspecified atom stereocenters. The Morgan fingerprint density at radius 3 is 2.66 bits per heavy atom. The molecule has 0 spiro atoms. The molecule has 5 heteroatoms. The van der Waals surface area contributed by atoms with Crippen molar-refractivity contribution >= 4 is 29.1 Å². The molecule has 0 atom stereocenters. The number of nitrogens with one attached hydrogen (secondary N) is 1. The maximum absolute atomic E-state index is 12.7. The first-order valence-electron chi connectivity index (χ1n) is 10.7. The van der Waals surface area contributed by atoms with Crippen molar-refractivity contribution < 1.29 is 4.79 Å². The van der Waals surface area contributed by atoms with Crippen LogP contribution in [0.1, 0.15) is 56.0 Å². The average molecular weight is 410 g/mol. The van der Waals surface area contributed by atoms with Gasteiger partial charge in [0.2, 0.25) is 0 Å². The molecule has 2 aromatic carbocycles.